The highest BCUT2D eigenvalue weighted by Crippen LogP contribution is 2.42. The van der Waals surface area contributed by atoms with Crippen molar-refractivity contribution in [3.63, 3.8) is 0 Å². The van der Waals surface area contributed by atoms with Crippen molar-refractivity contribution in [3.05, 3.63) is 286 Å². The molecule has 2 aliphatic rings. The van der Waals surface area contributed by atoms with Crippen molar-refractivity contribution in [1.82, 2.24) is 49.0 Å². The number of hydrogen-bond donors (Lipinski definition) is 0. The van der Waals surface area contributed by atoms with Crippen LogP contribution in [0.5, 0.6) is 0 Å². The van der Waals surface area contributed by atoms with E-state index in [4.69, 9.17) is 0 Å². The summed E-state index contributed by atoms with van der Waals surface area (Å²) in [7, 11) is 0.488. The molecule has 0 saturated carbocycles. The van der Waals surface area contributed by atoms with Gasteiger partial charge in [0.25, 0.3) is 13.6 Å². The van der Waals surface area contributed by atoms with Gasteiger partial charge in [0.05, 0.1) is 11.4 Å². The Morgan fingerprint density at radius 1 is 0.319 bits per heavy atom. The van der Waals surface area contributed by atoms with Crippen molar-refractivity contribution < 1.29 is 0 Å². The normalized spacial score (nSPS) is 10.3. The number of nitrogens with zero attached hydrogens (tertiary/aromatic N) is 12. The Balaban J connectivity index is -0.00000129. The van der Waals surface area contributed by atoms with Crippen molar-refractivity contribution >= 4 is 111 Å². The molecule has 0 fully saturated rings. The second-order valence-corrected chi connectivity index (χ2v) is 37.7. The Bertz CT molecular complexity index is 4010. The zero-order chi connectivity index (χ0) is 90.1. The van der Waals surface area contributed by atoms with E-state index in [1.165, 1.54) is 83.8 Å². The van der Waals surface area contributed by atoms with Crippen LogP contribution in [0, 0.1) is 0 Å². The van der Waals surface area contributed by atoms with E-state index >= 15 is 0 Å². The molecule has 12 aromatic rings. The topological polar surface area (TPSA) is 130 Å². The number of rotatable bonds is 16. The van der Waals surface area contributed by atoms with Crippen LogP contribution in [0.4, 0.5) is 0 Å². The van der Waals surface area contributed by atoms with Gasteiger partial charge in [0.2, 0.25) is 0 Å². The van der Waals surface area contributed by atoms with Crippen LogP contribution in [-0.2, 0) is 0 Å². The summed E-state index contributed by atoms with van der Waals surface area (Å²) in [6.07, 6.45) is 32.1. The molecule has 0 unspecified atom stereocenters. The number of benzene rings is 5. The highest BCUT2D eigenvalue weighted by molar-refractivity contribution is 7.65. The van der Waals surface area contributed by atoms with Crippen LogP contribution in [0.15, 0.2) is 296 Å². The van der Waals surface area contributed by atoms with Gasteiger partial charge in [-0.05, 0) is 201 Å². The first-order valence-corrected chi connectivity index (χ1v) is 55.1. The molecule has 0 bridgehead atoms. The fourth-order valence-electron chi connectivity index (χ4n) is 11.4. The minimum Gasteiger partial charge on any atom is -0.318 e. The van der Waals surface area contributed by atoms with Crippen LogP contribution in [-0.4, -0.2) is 174 Å². The SMILES string of the molecule is CB(C1=CCC=N1)C1=CCC=N1.CB(CP(C)C)CP(C)C.CB(CP(C)C)n1cccn1.CB(n1cccn1)n1cccn1.CC.CC.CC.CC.CC.CC.CC.CC.CC.CP(C)c1ccc2ccccc2c1-c1c(P(C)C)ccc2ccccc12.c1ccc(-c2ccccn2)nc1.c1ccc(-c2ccncc2)cc1.c1ccncc1. The van der Waals surface area contributed by atoms with Crippen LogP contribution in [0.25, 0.3) is 55.2 Å². The summed E-state index contributed by atoms with van der Waals surface area (Å²) in [5, 5.41) is 20.9. The van der Waals surface area contributed by atoms with E-state index in [-0.39, 0.29) is 30.7 Å². The van der Waals surface area contributed by atoms with Crippen LogP contribution < -0.4 is 10.6 Å². The Morgan fingerprint density at radius 3 is 0.966 bits per heavy atom. The van der Waals surface area contributed by atoms with Crippen LogP contribution in [0.1, 0.15) is 137 Å². The monoisotopic (exact) mass is 1700 g/mol. The number of hydrogen-bond acceptors (Lipinski definition) is 9. The minimum atomic E-state index is -0.193. The van der Waals surface area contributed by atoms with Crippen molar-refractivity contribution in [2.45, 2.75) is 165 Å². The molecule has 5 aromatic carbocycles. The van der Waals surface area contributed by atoms with Crippen LogP contribution >= 0.6 is 39.6 Å². The van der Waals surface area contributed by atoms with Gasteiger partial charge in [-0.25, -0.2) is 0 Å². The van der Waals surface area contributed by atoms with Gasteiger partial charge in [-0.1, -0.05) is 307 Å². The van der Waals surface area contributed by atoms with Gasteiger partial charge in [0.15, 0.2) is 0 Å². The smallest absolute Gasteiger partial charge is 0.318 e. The van der Waals surface area contributed by atoms with E-state index in [1.54, 1.807) is 37.2 Å². The summed E-state index contributed by atoms with van der Waals surface area (Å²) < 4.78 is 5.74. The highest BCUT2D eigenvalue weighted by Gasteiger charge is 2.22. The number of allylic oxidation sites excluding steroid dienone is 2. The lowest BCUT2D eigenvalue weighted by atomic mass is 9.47. The van der Waals surface area contributed by atoms with Gasteiger partial charge in [-0.15, -0.1) is 23.8 Å². The highest BCUT2D eigenvalue weighted by atomic mass is 31.1. The molecule has 9 heterocycles. The first-order chi connectivity index (χ1) is 58.0. The van der Waals surface area contributed by atoms with Gasteiger partial charge in [-0.2, -0.15) is 15.3 Å². The van der Waals surface area contributed by atoms with E-state index < -0.39 is 0 Å². The summed E-state index contributed by atoms with van der Waals surface area (Å²) in [6, 6.07) is 68.6. The molecule has 0 amide bonds. The summed E-state index contributed by atoms with van der Waals surface area (Å²) in [6.45, 7) is 70.4. The molecule has 7 aromatic heterocycles. The maximum absolute atomic E-state index is 4.30. The molecule has 2 aliphatic heterocycles. The molecule has 0 saturated heterocycles. The first-order valence-electron chi connectivity index (χ1n) is 43.4. The summed E-state index contributed by atoms with van der Waals surface area (Å²) in [5.41, 5.74) is 9.53. The molecule has 12 nitrogen and oxygen atoms in total. The molecule has 0 atom stereocenters. The molecule has 119 heavy (non-hydrogen) atoms. The largest absolute Gasteiger partial charge is 0.415 e. The lowest BCUT2D eigenvalue weighted by molar-refractivity contribution is 0.856. The zero-order valence-electron chi connectivity index (χ0n) is 79.6. The van der Waals surface area contributed by atoms with Crippen molar-refractivity contribution in [3.8, 4) is 33.6 Å². The zero-order valence-corrected chi connectivity index (χ0v) is 84.1. The Hall–Kier alpha value is -7.92. The Morgan fingerprint density at radius 2 is 0.655 bits per heavy atom. The maximum Gasteiger partial charge on any atom is 0.415 e. The second-order valence-electron chi connectivity index (χ2n) is 25.6. The van der Waals surface area contributed by atoms with E-state index in [0.29, 0.717) is 29.4 Å². The summed E-state index contributed by atoms with van der Waals surface area (Å²) >= 11 is 0. The van der Waals surface area contributed by atoms with Crippen molar-refractivity contribution in [2.75, 3.05) is 84.8 Å². The van der Waals surface area contributed by atoms with Gasteiger partial charge >= 0.3 is 6.98 Å². The fourth-order valence-corrected chi connectivity index (χ4v) is 17.7. The lowest BCUT2D eigenvalue weighted by Gasteiger charge is -2.22. The number of pyridine rings is 4. The number of aliphatic imine (C=N–C) groups is 2. The summed E-state index contributed by atoms with van der Waals surface area (Å²) in [4.78, 5) is 24.7. The van der Waals surface area contributed by atoms with Crippen molar-refractivity contribution in [1.29, 1.82) is 0 Å². The maximum atomic E-state index is 4.30. The average Bonchev–Trinajstić information content (AvgIpc) is 1.50. The number of fused-ring (bicyclic) bond motifs is 2. The van der Waals surface area contributed by atoms with E-state index in [9.17, 15) is 0 Å². The fraction of sp³-hybridized carbons (Fsp3) is 0.378. The van der Waals surface area contributed by atoms with Crippen LogP contribution in [0.3, 0.4) is 0 Å². The first kappa shape index (κ1) is 115. The van der Waals surface area contributed by atoms with Crippen LogP contribution in [0.2, 0.25) is 27.3 Å². The molecule has 0 spiro atoms. The molecule has 21 heteroatoms. The molecule has 0 N–H and O–H groups in total. The van der Waals surface area contributed by atoms with E-state index in [2.05, 4.69) is 229 Å². The van der Waals surface area contributed by atoms with Gasteiger partial charge < -0.3 is 4.59 Å². The number of aromatic nitrogens is 10. The molecule has 0 radical (unpaired) electrons. The third kappa shape index (κ3) is 47.2. The van der Waals surface area contributed by atoms with Gasteiger partial charge in [0, 0.05) is 111 Å². The minimum absolute atomic E-state index is 0.148. The standard InChI is InChI=1S/C24H24P2.C11H9N.C10H8N2.C9H11BN2.C7H9BN4.C7H14BN2P.C7H19BP2.C5H5N.9C2H6/c1-25(2)21-15-13-17-9-5-7-11-19(17)23(21)24-20-12-8-6-10-18(20)14-16-22(24)26(3)4;1-2-4-10(5-3-1)11-6-8-12-9-7-11;1-3-7-11-9(5-1)10-6-2-4-8-12-10;1-10(8-4-2-6-11-8)9-5-3-7-12-9;1-8(11-6-2-4-9-11)12-7-3-5-10-12;1-8(7-11(2)3)10-6-4-5-9-10;1-8(6-9(2)3)7-10(4)5;1-2-4-6-5-3-1;9*1-2/h5-16H,1-4H3;1-9H;1-8H;4-7H,2-3H2,1H3;2-7H,1H3;4-6H,7H2,1-3H3;6-7H2,1-5H3;1-5H;9*1-2H3. The van der Waals surface area contributed by atoms with Gasteiger partial charge in [0.1, 0.15) is 6.71 Å². The Labute approximate surface area is 734 Å². The van der Waals surface area contributed by atoms with E-state index in [0.717, 1.165) is 30.9 Å². The second kappa shape index (κ2) is 76.2. The third-order valence-corrected chi connectivity index (χ3v) is 22.6. The predicted octanol–water partition coefficient (Wildman–Crippen LogP) is 28.4. The summed E-state index contributed by atoms with van der Waals surface area (Å²) in [5.74, 6) is 0. The average molecular weight is 1700 g/mol. The molecular formula is C98H153B4N12P5. The van der Waals surface area contributed by atoms with Gasteiger partial charge in [-0.3, -0.25) is 39.1 Å². The third-order valence-electron chi connectivity index (χ3n) is 16.0. The van der Waals surface area contributed by atoms with Crippen molar-refractivity contribution in [2.24, 2.45) is 9.98 Å². The molecule has 0 aliphatic carbocycles. The molecule has 642 valence electrons. The Kier molecular flexibility index (Phi) is 73.8. The lowest BCUT2D eigenvalue weighted by Crippen LogP contribution is -2.30. The predicted molar refractivity (Wildman–Crippen MR) is 560 cm³/mol. The molecular weight excluding hydrogens is 1540 g/mol. The van der Waals surface area contributed by atoms with E-state index in [1.807, 2.05) is 298 Å². The molecule has 14 rings (SSSR count). The quantitative estimate of drug-likeness (QED) is 0.0696.